The van der Waals surface area contributed by atoms with Gasteiger partial charge in [0.2, 0.25) is 5.91 Å². The molecule has 98 valence electrons. The van der Waals surface area contributed by atoms with E-state index in [1.54, 1.807) is 19.2 Å². The van der Waals surface area contributed by atoms with Crippen LogP contribution in [0.1, 0.15) is 12.8 Å². The lowest BCUT2D eigenvalue weighted by Gasteiger charge is -2.31. The van der Waals surface area contributed by atoms with E-state index in [1.807, 2.05) is 11.0 Å². The number of benzene rings is 1. The third-order valence-corrected chi connectivity index (χ3v) is 3.26. The van der Waals surface area contributed by atoms with Gasteiger partial charge in [-0.2, -0.15) is 0 Å². The van der Waals surface area contributed by atoms with Gasteiger partial charge in [0.15, 0.2) is 0 Å². The number of nitrogens with one attached hydrogen (secondary N) is 1. The van der Waals surface area contributed by atoms with Gasteiger partial charge >= 0.3 is 0 Å². The zero-order chi connectivity index (χ0) is 13.0. The Morgan fingerprint density at radius 3 is 2.89 bits per heavy atom. The van der Waals surface area contributed by atoms with E-state index in [0.29, 0.717) is 18.0 Å². The number of nitrogens with zero attached hydrogens (tertiary/aromatic N) is 1. The molecule has 18 heavy (non-hydrogen) atoms. The molecule has 1 aliphatic heterocycles. The number of hydrogen-bond donors (Lipinski definition) is 1. The molecule has 1 heterocycles. The molecule has 0 aromatic heterocycles. The average Bonchev–Trinajstić information content (AvgIpc) is 2.27. The van der Waals surface area contributed by atoms with Crippen molar-refractivity contribution in [3.8, 4) is 5.75 Å². The second-order valence-corrected chi connectivity index (χ2v) is 4.69. The molecule has 1 saturated heterocycles. The SMILES string of the molecule is COc1ccc(Cl)cc1NCCC(=O)N1CCC1. The lowest BCUT2D eigenvalue weighted by atomic mass is 10.2. The van der Waals surface area contributed by atoms with Crippen molar-refractivity contribution in [3.63, 3.8) is 0 Å². The van der Waals surface area contributed by atoms with Crippen molar-refractivity contribution in [2.24, 2.45) is 0 Å². The highest BCUT2D eigenvalue weighted by Gasteiger charge is 2.19. The van der Waals surface area contributed by atoms with Crippen LogP contribution >= 0.6 is 11.6 Å². The summed E-state index contributed by atoms with van der Waals surface area (Å²) in [5.41, 5.74) is 0.821. The van der Waals surface area contributed by atoms with E-state index < -0.39 is 0 Å². The Labute approximate surface area is 112 Å². The summed E-state index contributed by atoms with van der Waals surface area (Å²) in [6.07, 6.45) is 1.62. The van der Waals surface area contributed by atoms with Crippen molar-refractivity contribution in [2.75, 3.05) is 32.1 Å². The monoisotopic (exact) mass is 268 g/mol. The molecular formula is C13H17ClN2O2. The molecule has 1 amide bonds. The van der Waals surface area contributed by atoms with Gasteiger partial charge in [-0.25, -0.2) is 0 Å². The number of likely N-dealkylation sites (tertiary alicyclic amines) is 1. The first-order chi connectivity index (χ1) is 8.70. The van der Waals surface area contributed by atoms with Crippen LogP contribution in [0.15, 0.2) is 18.2 Å². The molecular weight excluding hydrogens is 252 g/mol. The minimum absolute atomic E-state index is 0.203. The molecule has 1 aromatic carbocycles. The molecule has 0 bridgehead atoms. The number of carbonyl (C=O) groups is 1. The second kappa shape index (κ2) is 5.96. The summed E-state index contributed by atoms with van der Waals surface area (Å²) < 4.78 is 5.22. The molecule has 0 unspecified atom stereocenters. The van der Waals surface area contributed by atoms with Gasteiger partial charge in [0.05, 0.1) is 12.8 Å². The largest absolute Gasteiger partial charge is 0.495 e. The van der Waals surface area contributed by atoms with E-state index in [4.69, 9.17) is 16.3 Å². The summed E-state index contributed by atoms with van der Waals surface area (Å²) in [4.78, 5) is 13.5. The highest BCUT2D eigenvalue weighted by molar-refractivity contribution is 6.30. The Balaban J connectivity index is 1.85. The molecule has 1 N–H and O–H groups in total. The fraction of sp³-hybridized carbons (Fsp3) is 0.462. The Morgan fingerprint density at radius 2 is 2.28 bits per heavy atom. The Morgan fingerprint density at radius 1 is 1.50 bits per heavy atom. The van der Waals surface area contributed by atoms with Gasteiger partial charge < -0.3 is 15.0 Å². The van der Waals surface area contributed by atoms with Gasteiger partial charge in [-0.1, -0.05) is 11.6 Å². The highest BCUT2D eigenvalue weighted by atomic mass is 35.5. The van der Waals surface area contributed by atoms with Crippen LogP contribution in [-0.2, 0) is 4.79 Å². The van der Waals surface area contributed by atoms with E-state index in [0.717, 1.165) is 30.9 Å². The maximum absolute atomic E-state index is 11.7. The van der Waals surface area contributed by atoms with Crippen molar-refractivity contribution in [1.82, 2.24) is 4.90 Å². The minimum atomic E-state index is 0.203. The zero-order valence-electron chi connectivity index (χ0n) is 10.4. The molecule has 0 saturated carbocycles. The number of hydrogen-bond acceptors (Lipinski definition) is 3. The van der Waals surface area contributed by atoms with Gasteiger partial charge in [-0.05, 0) is 24.6 Å². The maximum Gasteiger partial charge on any atom is 0.224 e. The van der Waals surface area contributed by atoms with Crippen LogP contribution in [0.2, 0.25) is 5.02 Å². The van der Waals surface area contributed by atoms with Crippen LogP contribution in [0.25, 0.3) is 0 Å². The van der Waals surface area contributed by atoms with E-state index in [1.165, 1.54) is 0 Å². The van der Waals surface area contributed by atoms with Gasteiger partial charge in [-0.15, -0.1) is 0 Å². The zero-order valence-corrected chi connectivity index (χ0v) is 11.2. The van der Waals surface area contributed by atoms with E-state index in [-0.39, 0.29) is 5.91 Å². The maximum atomic E-state index is 11.7. The topological polar surface area (TPSA) is 41.6 Å². The van der Waals surface area contributed by atoms with Crippen LogP contribution in [0.5, 0.6) is 5.75 Å². The summed E-state index contributed by atoms with van der Waals surface area (Å²) in [7, 11) is 1.61. The molecule has 2 rings (SSSR count). The van der Waals surface area contributed by atoms with Crippen molar-refractivity contribution < 1.29 is 9.53 Å². The number of ether oxygens (including phenoxy) is 1. The third-order valence-electron chi connectivity index (χ3n) is 3.02. The Bertz CT molecular complexity index is 433. The fourth-order valence-corrected chi connectivity index (χ4v) is 2.02. The van der Waals surface area contributed by atoms with Gasteiger partial charge in [0, 0.05) is 31.1 Å². The molecule has 0 atom stereocenters. The minimum Gasteiger partial charge on any atom is -0.495 e. The summed E-state index contributed by atoms with van der Waals surface area (Å²) in [5, 5.41) is 3.83. The van der Waals surface area contributed by atoms with Gasteiger partial charge in [0.25, 0.3) is 0 Å². The summed E-state index contributed by atoms with van der Waals surface area (Å²) in [5.74, 6) is 0.936. The quantitative estimate of drug-likeness (QED) is 0.892. The van der Waals surface area contributed by atoms with Gasteiger partial charge in [-0.3, -0.25) is 4.79 Å². The molecule has 0 spiro atoms. The summed E-state index contributed by atoms with van der Waals surface area (Å²) >= 11 is 5.93. The summed E-state index contributed by atoms with van der Waals surface area (Å²) in [6.45, 7) is 2.39. The lowest BCUT2D eigenvalue weighted by molar-refractivity contribution is -0.134. The smallest absolute Gasteiger partial charge is 0.224 e. The first kappa shape index (κ1) is 13.0. The number of methoxy groups -OCH3 is 1. The Kier molecular flexibility index (Phi) is 4.31. The first-order valence-corrected chi connectivity index (χ1v) is 6.43. The van der Waals surface area contributed by atoms with E-state index in [2.05, 4.69) is 5.32 Å². The van der Waals surface area contributed by atoms with Crippen molar-refractivity contribution >= 4 is 23.2 Å². The van der Waals surface area contributed by atoms with E-state index in [9.17, 15) is 4.79 Å². The molecule has 4 nitrogen and oxygen atoms in total. The predicted octanol–water partition coefficient (Wildman–Crippen LogP) is 2.38. The van der Waals surface area contributed by atoms with Crippen molar-refractivity contribution in [3.05, 3.63) is 23.2 Å². The number of anilines is 1. The van der Waals surface area contributed by atoms with Crippen LogP contribution in [-0.4, -0.2) is 37.6 Å². The first-order valence-electron chi connectivity index (χ1n) is 6.06. The van der Waals surface area contributed by atoms with Crippen molar-refractivity contribution in [2.45, 2.75) is 12.8 Å². The summed E-state index contributed by atoms with van der Waals surface area (Å²) in [6, 6.07) is 5.38. The fourth-order valence-electron chi connectivity index (χ4n) is 1.85. The van der Waals surface area contributed by atoms with Crippen molar-refractivity contribution in [1.29, 1.82) is 0 Å². The van der Waals surface area contributed by atoms with Crippen LogP contribution < -0.4 is 10.1 Å². The number of carbonyl (C=O) groups excluding carboxylic acids is 1. The van der Waals surface area contributed by atoms with Crippen LogP contribution in [0.4, 0.5) is 5.69 Å². The lowest BCUT2D eigenvalue weighted by Crippen LogP contribution is -2.42. The van der Waals surface area contributed by atoms with Crippen LogP contribution in [0, 0.1) is 0 Å². The van der Waals surface area contributed by atoms with E-state index >= 15 is 0 Å². The molecule has 0 radical (unpaired) electrons. The van der Waals surface area contributed by atoms with Gasteiger partial charge in [0.1, 0.15) is 5.75 Å². The standard InChI is InChI=1S/C13H17ClN2O2/c1-18-12-4-3-10(14)9-11(12)15-6-5-13(17)16-7-2-8-16/h3-4,9,15H,2,5-8H2,1H3. The second-order valence-electron chi connectivity index (χ2n) is 4.26. The number of halogens is 1. The predicted molar refractivity (Wildman–Crippen MR) is 72.3 cm³/mol. The number of rotatable bonds is 5. The molecule has 5 heteroatoms. The molecule has 0 aliphatic carbocycles. The molecule has 1 aliphatic rings. The third kappa shape index (κ3) is 3.07. The number of amides is 1. The Hall–Kier alpha value is -1.42. The average molecular weight is 269 g/mol. The molecule has 1 fully saturated rings. The van der Waals surface area contributed by atoms with Crippen LogP contribution in [0.3, 0.4) is 0 Å². The molecule has 1 aromatic rings. The normalized spacial score (nSPS) is 14.0. The highest BCUT2D eigenvalue weighted by Crippen LogP contribution is 2.27.